The molecule has 11 heteroatoms. The zero-order valence-corrected chi connectivity index (χ0v) is 15.9. The van der Waals surface area contributed by atoms with Crippen LogP contribution in [0.3, 0.4) is 0 Å². The van der Waals surface area contributed by atoms with E-state index in [-0.39, 0.29) is 28.0 Å². The lowest BCUT2D eigenvalue weighted by Gasteiger charge is -2.11. The summed E-state index contributed by atoms with van der Waals surface area (Å²) >= 11 is 6.07. The molecule has 0 saturated carbocycles. The van der Waals surface area contributed by atoms with E-state index in [1.807, 2.05) is 0 Å². The number of fused-ring (bicyclic) bond motifs is 1. The molecule has 4 rings (SSSR count). The number of hydrogen-bond acceptors (Lipinski definition) is 4. The Morgan fingerprint density at radius 3 is 2.27 bits per heavy atom. The predicted octanol–water partition coefficient (Wildman–Crippen LogP) is 5.82. The molecular weight excluding hydrogens is 429 g/mol. The molecule has 154 valence electrons. The molecule has 2 aromatic carbocycles. The maximum absolute atomic E-state index is 13.7. The molecule has 0 saturated heterocycles. The van der Waals surface area contributed by atoms with Crippen molar-refractivity contribution >= 4 is 34.3 Å². The highest BCUT2D eigenvalue weighted by atomic mass is 35.5. The number of hydrogen-bond donors (Lipinski definition) is 1. The number of anilines is 2. The topological polar surface area (TPSA) is 55.6 Å². The molecule has 4 aromatic rings. The van der Waals surface area contributed by atoms with Crippen LogP contribution >= 0.6 is 11.6 Å². The minimum absolute atomic E-state index is 0.00101. The number of nitrogens with zero attached hydrogens (tertiary/aromatic N) is 4. The molecule has 2 heterocycles. The van der Waals surface area contributed by atoms with Crippen molar-refractivity contribution in [2.24, 2.45) is 0 Å². The van der Waals surface area contributed by atoms with Gasteiger partial charge in [0.15, 0.2) is 11.6 Å². The van der Waals surface area contributed by atoms with Crippen molar-refractivity contribution in [3.63, 3.8) is 0 Å². The molecule has 2 aromatic heterocycles. The van der Waals surface area contributed by atoms with Crippen LogP contribution in [0.25, 0.3) is 16.9 Å². The first-order chi connectivity index (χ1) is 14.1. The van der Waals surface area contributed by atoms with Gasteiger partial charge in [-0.15, -0.1) is 0 Å². The summed E-state index contributed by atoms with van der Waals surface area (Å²) in [6.45, 7) is 1.62. The predicted molar refractivity (Wildman–Crippen MR) is 101 cm³/mol. The largest absolute Gasteiger partial charge is 0.416 e. The highest BCUT2D eigenvalue weighted by Crippen LogP contribution is 2.30. The number of aromatic nitrogens is 4. The molecule has 30 heavy (non-hydrogen) atoms. The molecule has 5 nitrogen and oxygen atoms in total. The van der Waals surface area contributed by atoms with Gasteiger partial charge in [-0.25, -0.2) is 18.7 Å². The van der Waals surface area contributed by atoms with Crippen LogP contribution in [0.2, 0.25) is 5.15 Å². The minimum atomic E-state index is -4.45. The second-order valence-corrected chi connectivity index (χ2v) is 6.71. The van der Waals surface area contributed by atoms with E-state index in [1.54, 1.807) is 6.92 Å². The van der Waals surface area contributed by atoms with Crippen LogP contribution in [0.1, 0.15) is 11.4 Å². The number of halogens is 6. The Kier molecular flexibility index (Phi) is 4.81. The molecular formula is C19H11ClF5N5. The zero-order chi connectivity index (χ0) is 21.6. The summed E-state index contributed by atoms with van der Waals surface area (Å²) in [7, 11) is 0. The Morgan fingerprint density at radius 2 is 1.60 bits per heavy atom. The van der Waals surface area contributed by atoms with Crippen molar-refractivity contribution in [3.05, 3.63) is 70.6 Å². The molecule has 0 aliphatic carbocycles. The van der Waals surface area contributed by atoms with E-state index in [2.05, 4.69) is 20.3 Å². The number of rotatable bonds is 3. The second kappa shape index (κ2) is 7.21. The molecule has 0 atom stereocenters. The summed E-state index contributed by atoms with van der Waals surface area (Å²) in [6, 6.07) is 7.64. The fraction of sp³-hybridized carbons (Fsp3) is 0.105. The van der Waals surface area contributed by atoms with Gasteiger partial charge >= 0.3 is 6.18 Å². The second-order valence-electron chi connectivity index (χ2n) is 6.32. The monoisotopic (exact) mass is 439 g/mol. The van der Waals surface area contributed by atoms with Crippen LogP contribution in [-0.4, -0.2) is 19.5 Å². The lowest BCUT2D eigenvalue weighted by atomic mass is 10.2. The third-order valence-corrected chi connectivity index (χ3v) is 4.44. The maximum atomic E-state index is 13.7. The summed E-state index contributed by atoms with van der Waals surface area (Å²) < 4.78 is 66.8. The van der Waals surface area contributed by atoms with Gasteiger partial charge in [-0.3, -0.25) is 4.57 Å². The van der Waals surface area contributed by atoms with E-state index < -0.39 is 23.4 Å². The Balaban J connectivity index is 1.73. The molecule has 0 aliphatic rings. The number of alkyl halides is 3. The van der Waals surface area contributed by atoms with E-state index in [0.717, 1.165) is 24.3 Å². The average Bonchev–Trinajstić information content (AvgIpc) is 2.96. The normalized spacial score (nSPS) is 11.8. The zero-order valence-electron chi connectivity index (χ0n) is 15.1. The number of nitrogens with one attached hydrogen (secondary N) is 1. The van der Waals surface area contributed by atoms with Gasteiger partial charge in [0.2, 0.25) is 5.95 Å². The van der Waals surface area contributed by atoms with Gasteiger partial charge < -0.3 is 5.32 Å². The molecule has 0 fully saturated rings. The van der Waals surface area contributed by atoms with Crippen LogP contribution < -0.4 is 5.32 Å². The van der Waals surface area contributed by atoms with E-state index in [4.69, 9.17) is 11.6 Å². The van der Waals surface area contributed by atoms with Crippen molar-refractivity contribution < 1.29 is 22.0 Å². The number of aryl methyl sites for hydroxylation is 1. The maximum Gasteiger partial charge on any atom is 0.416 e. The fourth-order valence-corrected chi connectivity index (χ4v) is 3.11. The molecule has 0 unspecified atom stereocenters. The summed E-state index contributed by atoms with van der Waals surface area (Å²) in [4.78, 5) is 12.5. The fourth-order valence-electron chi connectivity index (χ4n) is 2.93. The summed E-state index contributed by atoms with van der Waals surface area (Å²) in [5, 5.41) is 2.80. The standard InChI is InChI=1S/C19H11ClF5N5/c1-9-26-14-6-12(21)13(22)7-15(14)30(9)17-8-16(20)28-18(29-17)27-11-4-2-10(3-5-11)19(23,24)25/h2-8H,1H3,(H,27,28,29). The quantitative estimate of drug-likeness (QED) is 0.323. The van der Waals surface area contributed by atoms with Crippen molar-refractivity contribution in [2.75, 3.05) is 5.32 Å². The smallest absolute Gasteiger partial charge is 0.324 e. The van der Waals surface area contributed by atoms with Crippen LogP contribution in [0.4, 0.5) is 33.6 Å². The van der Waals surface area contributed by atoms with Gasteiger partial charge in [-0.05, 0) is 31.2 Å². The Hall–Kier alpha value is -3.27. The lowest BCUT2D eigenvalue weighted by Crippen LogP contribution is -2.06. The van der Waals surface area contributed by atoms with Gasteiger partial charge in [0.25, 0.3) is 0 Å². The van der Waals surface area contributed by atoms with Crippen LogP contribution in [-0.2, 0) is 6.18 Å². The summed E-state index contributed by atoms with van der Waals surface area (Å²) in [6.07, 6.45) is -4.45. The van der Waals surface area contributed by atoms with Crippen LogP contribution in [0.15, 0.2) is 42.5 Å². The van der Waals surface area contributed by atoms with Crippen LogP contribution in [0.5, 0.6) is 0 Å². The van der Waals surface area contributed by atoms with Gasteiger partial charge in [-0.1, -0.05) is 11.6 Å². The first kappa shape index (κ1) is 20.0. The third-order valence-electron chi connectivity index (χ3n) is 4.24. The third kappa shape index (κ3) is 3.78. The lowest BCUT2D eigenvalue weighted by molar-refractivity contribution is -0.137. The van der Waals surface area contributed by atoms with Gasteiger partial charge in [-0.2, -0.15) is 18.2 Å². The number of imidazole rings is 1. The first-order valence-corrected chi connectivity index (χ1v) is 8.83. The Labute approximate surface area is 171 Å². The molecule has 0 spiro atoms. The summed E-state index contributed by atoms with van der Waals surface area (Å²) in [5.41, 5.74) is -0.00732. The van der Waals surface area contributed by atoms with Gasteiger partial charge in [0, 0.05) is 23.9 Å². The van der Waals surface area contributed by atoms with Gasteiger partial charge in [0.1, 0.15) is 16.8 Å². The SMILES string of the molecule is Cc1nc2cc(F)c(F)cc2n1-c1cc(Cl)nc(Nc2ccc(C(F)(F)F)cc2)n1. The van der Waals surface area contributed by atoms with E-state index >= 15 is 0 Å². The van der Waals surface area contributed by atoms with Crippen molar-refractivity contribution in [3.8, 4) is 5.82 Å². The minimum Gasteiger partial charge on any atom is -0.324 e. The molecule has 0 aliphatic heterocycles. The average molecular weight is 440 g/mol. The molecule has 1 N–H and O–H groups in total. The van der Waals surface area contributed by atoms with Crippen LogP contribution in [0, 0.1) is 18.6 Å². The van der Waals surface area contributed by atoms with Crippen molar-refractivity contribution in [1.82, 2.24) is 19.5 Å². The summed E-state index contributed by atoms with van der Waals surface area (Å²) in [5.74, 6) is -1.47. The number of benzene rings is 2. The van der Waals surface area contributed by atoms with Crippen molar-refractivity contribution in [1.29, 1.82) is 0 Å². The van der Waals surface area contributed by atoms with Gasteiger partial charge in [0.05, 0.1) is 16.6 Å². The van der Waals surface area contributed by atoms with E-state index in [1.165, 1.54) is 22.8 Å². The Bertz CT molecular complexity index is 1250. The molecule has 0 radical (unpaired) electrons. The highest BCUT2D eigenvalue weighted by molar-refractivity contribution is 6.29. The van der Waals surface area contributed by atoms with Crippen molar-refractivity contribution in [2.45, 2.75) is 13.1 Å². The molecule has 0 bridgehead atoms. The molecule has 0 amide bonds. The van der Waals surface area contributed by atoms with E-state index in [0.29, 0.717) is 11.5 Å². The van der Waals surface area contributed by atoms with E-state index in [9.17, 15) is 22.0 Å². The first-order valence-electron chi connectivity index (χ1n) is 8.45. The Morgan fingerprint density at radius 1 is 0.933 bits per heavy atom. The highest BCUT2D eigenvalue weighted by Gasteiger charge is 2.30.